The number of ketones is 1. The van der Waals surface area contributed by atoms with Gasteiger partial charge in [0.15, 0.2) is 5.78 Å². The van der Waals surface area contributed by atoms with Crippen molar-refractivity contribution in [3.8, 4) is 0 Å². The number of carbonyl (C=O) groups excluding carboxylic acids is 1. The molecule has 1 aliphatic rings. The molecule has 0 N–H and O–H groups in total. The minimum Gasteiger partial charge on any atom is -0.294 e. The van der Waals surface area contributed by atoms with E-state index in [0.29, 0.717) is 12.3 Å². The first-order valence-electron chi connectivity index (χ1n) is 12.4. The molecule has 1 aliphatic carbocycles. The van der Waals surface area contributed by atoms with Gasteiger partial charge in [0.25, 0.3) is 0 Å². The molecule has 0 unspecified atom stereocenters. The van der Waals surface area contributed by atoms with Crippen LogP contribution in [-0.2, 0) is 12.8 Å². The van der Waals surface area contributed by atoms with E-state index in [1.807, 2.05) is 0 Å². The molecule has 0 aromatic heterocycles. The number of hydrogen-bond donors (Lipinski definition) is 0. The van der Waals surface area contributed by atoms with Gasteiger partial charge in [-0.2, -0.15) is 0 Å². The molecular weight excluding hydrogens is 364 g/mol. The lowest BCUT2D eigenvalue weighted by atomic mass is 9.77. The summed E-state index contributed by atoms with van der Waals surface area (Å²) in [6.07, 6.45) is 15.4. The number of benzene rings is 2. The van der Waals surface area contributed by atoms with E-state index in [0.717, 1.165) is 23.5 Å². The van der Waals surface area contributed by atoms with E-state index < -0.39 is 0 Å². The van der Waals surface area contributed by atoms with Crippen molar-refractivity contribution in [2.45, 2.75) is 96.8 Å². The molecule has 3 rings (SSSR count). The fraction of sp³-hybridized carbons (Fsp3) is 0.552. The molecule has 0 atom stereocenters. The van der Waals surface area contributed by atoms with Crippen LogP contribution in [-0.4, -0.2) is 5.78 Å². The summed E-state index contributed by atoms with van der Waals surface area (Å²) in [6, 6.07) is 17.0. The second kappa shape index (κ2) is 12.1. The molecule has 0 saturated heterocycles. The third-order valence-corrected chi connectivity index (χ3v) is 7.06. The van der Waals surface area contributed by atoms with Crippen LogP contribution in [0.3, 0.4) is 0 Å². The molecule has 1 heteroatoms. The molecule has 30 heavy (non-hydrogen) atoms. The molecule has 1 saturated carbocycles. The quantitative estimate of drug-likeness (QED) is 0.272. The van der Waals surface area contributed by atoms with Crippen LogP contribution in [0.25, 0.3) is 0 Å². The van der Waals surface area contributed by atoms with Gasteiger partial charge in [0, 0.05) is 12.0 Å². The number of unbranched alkanes of at least 4 members (excludes halogenated alkanes) is 4. The predicted octanol–water partition coefficient (Wildman–Crippen LogP) is 8.31. The van der Waals surface area contributed by atoms with Crippen molar-refractivity contribution in [2.75, 3.05) is 0 Å². The number of hydrogen-bond acceptors (Lipinski definition) is 1. The van der Waals surface area contributed by atoms with E-state index in [4.69, 9.17) is 0 Å². The minimum absolute atomic E-state index is 0.220. The predicted molar refractivity (Wildman–Crippen MR) is 128 cm³/mol. The Bertz CT molecular complexity index is 748. The summed E-state index contributed by atoms with van der Waals surface area (Å²) >= 11 is 0. The number of rotatable bonds is 11. The van der Waals surface area contributed by atoms with Crippen molar-refractivity contribution in [3.05, 3.63) is 70.8 Å². The SMILES string of the molecule is CCCCCCCC1CCC(c2ccc(C(=O)Cc3ccc(CC)cc3)cc2)CC1. The summed E-state index contributed by atoms with van der Waals surface area (Å²) in [4.78, 5) is 12.7. The zero-order valence-electron chi connectivity index (χ0n) is 19.2. The van der Waals surface area contributed by atoms with Crippen LogP contribution in [0.15, 0.2) is 48.5 Å². The fourth-order valence-electron chi connectivity index (χ4n) is 4.94. The number of aryl methyl sites for hydroxylation is 1. The standard InChI is InChI=1S/C29H40O/c1-3-5-6-7-8-9-24-14-16-26(17-15-24)27-18-20-28(21-19-27)29(30)22-25-12-10-23(4-2)11-13-25/h10-13,18-21,24,26H,3-9,14-17,22H2,1-2H3. The Hall–Kier alpha value is -1.89. The van der Waals surface area contributed by atoms with Gasteiger partial charge in [0.05, 0.1) is 0 Å². The van der Waals surface area contributed by atoms with Crippen LogP contribution in [0, 0.1) is 5.92 Å². The Morgan fingerprint density at radius 2 is 1.40 bits per heavy atom. The van der Waals surface area contributed by atoms with E-state index in [2.05, 4.69) is 62.4 Å². The van der Waals surface area contributed by atoms with E-state index in [1.165, 1.54) is 75.3 Å². The third-order valence-electron chi connectivity index (χ3n) is 7.06. The molecule has 0 aliphatic heterocycles. The molecule has 1 fully saturated rings. The maximum Gasteiger partial charge on any atom is 0.167 e. The topological polar surface area (TPSA) is 17.1 Å². The molecule has 2 aromatic rings. The van der Waals surface area contributed by atoms with E-state index in [-0.39, 0.29) is 5.78 Å². The molecular formula is C29H40O. The Labute approximate surface area is 184 Å². The maximum absolute atomic E-state index is 12.7. The number of carbonyl (C=O) groups is 1. The van der Waals surface area contributed by atoms with Gasteiger partial charge in [-0.1, -0.05) is 101 Å². The molecule has 162 valence electrons. The highest BCUT2D eigenvalue weighted by molar-refractivity contribution is 5.97. The van der Waals surface area contributed by atoms with Crippen molar-refractivity contribution in [1.82, 2.24) is 0 Å². The summed E-state index contributed by atoms with van der Waals surface area (Å²) in [5.74, 6) is 1.85. The van der Waals surface area contributed by atoms with Crippen LogP contribution < -0.4 is 0 Å². The van der Waals surface area contributed by atoms with E-state index in [1.54, 1.807) is 0 Å². The molecule has 0 amide bonds. The highest BCUT2D eigenvalue weighted by atomic mass is 16.1. The van der Waals surface area contributed by atoms with Crippen molar-refractivity contribution >= 4 is 5.78 Å². The van der Waals surface area contributed by atoms with Gasteiger partial charge in [-0.3, -0.25) is 4.79 Å². The minimum atomic E-state index is 0.220. The third kappa shape index (κ3) is 6.83. The molecule has 0 radical (unpaired) electrons. The summed E-state index contributed by atoms with van der Waals surface area (Å²) in [5.41, 5.74) is 4.70. The van der Waals surface area contributed by atoms with Gasteiger partial charge in [-0.05, 0) is 60.6 Å². The Kier molecular flexibility index (Phi) is 9.18. The van der Waals surface area contributed by atoms with Crippen LogP contribution >= 0.6 is 0 Å². The Morgan fingerprint density at radius 3 is 2.03 bits per heavy atom. The van der Waals surface area contributed by atoms with Gasteiger partial charge >= 0.3 is 0 Å². The fourth-order valence-corrected chi connectivity index (χ4v) is 4.94. The molecule has 0 heterocycles. The second-order valence-corrected chi connectivity index (χ2v) is 9.31. The maximum atomic E-state index is 12.7. The molecule has 0 spiro atoms. The Morgan fingerprint density at radius 1 is 0.767 bits per heavy atom. The summed E-state index contributed by atoms with van der Waals surface area (Å²) in [7, 11) is 0. The second-order valence-electron chi connectivity index (χ2n) is 9.31. The number of Topliss-reactive ketones (excluding diaryl/α,β-unsaturated/α-hetero) is 1. The zero-order chi connectivity index (χ0) is 21.2. The van der Waals surface area contributed by atoms with E-state index in [9.17, 15) is 4.79 Å². The lowest BCUT2D eigenvalue weighted by molar-refractivity contribution is 0.0993. The average molecular weight is 405 g/mol. The monoisotopic (exact) mass is 404 g/mol. The molecule has 0 bridgehead atoms. The van der Waals surface area contributed by atoms with Crippen molar-refractivity contribution in [3.63, 3.8) is 0 Å². The van der Waals surface area contributed by atoms with Crippen LogP contribution in [0.5, 0.6) is 0 Å². The zero-order valence-corrected chi connectivity index (χ0v) is 19.2. The lowest BCUT2D eigenvalue weighted by Crippen LogP contribution is -2.13. The summed E-state index contributed by atoms with van der Waals surface area (Å²) < 4.78 is 0. The van der Waals surface area contributed by atoms with Gasteiger partial charge in [0.2, 0.25) is 0 Å². The smallest absolute Gasteiger partial charge is 0.167 e. The van der Waals surface area contributed by atoms with Crippen LogP contribution in [0.1, 0.15) is 111 Å². The Balaban J connectivity index is 1.44. The first kappa shape index (κ1) is 22.8. The van der Waals surface area contributed by atoms with Gasteiger partial charge < -0.3 is 0 Å². The van der Waals surface area contributed by atoms with Crippen molar-refractivity contribution in [2.24, 2.45) is 5.92 Å². The van der Waals surface area contributed by atoms with Crippen LogP contribution in [0.2, 0.25) is 0 Å². The molecule has 2 aromatic carbocycles. The lowest BCUT2D eigenvalue weighted by Gasteiger charge is -2.29. The highest BCUT2D eigenvalue weighted by Crippen LogP contribution is 2.37. The summed E-state index contributed by atoms with van der Waals surface area (Å²) in [6.45, 7) is 4.44. The highest BCUT2D eigenvalue weighted by Gasteiger charge is 2.22. The van der Waals surface area contributed by atoms with Crippen molar-refractivity contribution in [1.29, 1.82) is 0 Å². The van der Waals surface area contributed by atoms with Crippen LogP contribution in [0.4, 0.5) is 0 Å². The first-order valence-corrected chi connectivity index (χ1v) is 12.4. The van der Waals surface area contributed by atoms with Crippen molar-refractivity contribution < 1.29 is 4.79 Å². The van der Waals surface area contributed by atoms with Gasteiger partial charge in [0.1, 0.15) is 0 Å². The average Bonchev–Trinajstić information content (AvgIpc) is 2.80. The van der Waals surface area contributed by atoms with E-state index >= 15 is 0 Å². The van der Waals surface area contributed by atoms with Gasteiger partial charge in [-0.15, -0.1) is 0 Å². The summed E-state index contributed by atoms with van der Waals surface area (Å²) in [5, 5.41) is 0. The first-order chi connectivity index (χ1) is 14.7. The molecule has 1 nitrogen and oxygen atoms in total. The largest absolute Gasteiger partial charge is 0.294 e. The van der Waals surface area contributed by atoms with Gasteiger partial charge in [-0.25, -0.2) is 0 Å². The normalized spacial score (nSPS) is 19.0.